The highest BCUT2D eigenvalue weighted by molar-refractivity contribution is 7.11. The zero-order valence-corrected chi connectivity index (χ0v) is 11.5. The molecule has 0 saturated heterocycles. The van der Waals surface area contributed by atoms with Crippen molar-refractivity contribution < 1.29 is 9.59 Å². The minimum absolute atomic E-state index is 0.162. The molecule has 0 radical (unpaired) electrons. The third-order valence-electron chi connectivity index (χ3n) is 2.69. The average Bonchev–Trinajstić information content (AvgIpc) is 2.93. The molecule has 0 unspecified atom stereocenters. The van der Waals surface area contributed by atoms with E-state index in [0.29, 0.717) is 10.6 Å². The number of aromatic nitrogens is 1. The van der Waals surface area contributed by atoms with Gasteiger partial charge in [-0.1, -0.05) is 18.2 Å². The Labute approximate surface area is 120 Å². The highest BCUT2D eigenvalue weighted by atomic mass is 32.1. The van der Waals surface area contributed by atoms with Crippen molar-refractivity contribution in [2.75, 3.05) is 12.3 Å². The molecule has 0 atom stereocenters. The van der Waals surface area contributed by atoms with E-state index in [9.17, 15) is 9.59 Å². The van der Waals surface area contributed by atoms with Crippen LogP contribution in [-0.4, -0.2) is 28.2 Å². The lowest BCUT2D eigenvalue weighted by molar-refractivity contribution is -0.118. The molecule has 0 aliphatic carbocycles. The van der Waals surface area contributed by atoms with Crippen LogP contribution in [0.4, 0.5) is 5.69 Å². The normalized spacial score (nSPS) is 10.2. The molecule has 1 aromatic heterocycles. The Kier molecular flexibility index (Phi) is 4.31. The van der Waals surface area contributed by atoms with Crippen LogP contribution in [0.2, 0.25) is 0 Å². The minimum atomic E-state index is -0.572. The number of carbonyl (C=O) groups excluding carboxylic acids is 2. The second-order valence-corrected chi connectivity index (χ2v) is 5.08. The summed E-state index contributed by atoms with van der Waals surface area (Å²) in [6.07, 6.45) is 1.47. The molecule has 7 heteroatoms. The number of amides is 2. The lowest BCUT2D eigenvalue weighted by Gasteiger charge is -2.21. The van der Waals surface area contributed by atoms with Gasteiger partial charge in [0, 0.05) is 12.2 Å². The maximum atomic E-state index is 12.3. The summed E-state index contributed by atoms with van der Waals surface area (Å²) in [7, 11) is 0. The van der Waals surface area contributed by atoms with E-state index in [1.165, 1.54) is 22.4 Å². The number of rotatable bonds is 5. The van der Waals surface area contributed by atoms with E-state index in [4.69, 9.17) is 11.5 Å². The Bertz CT molecular complexity index is 613. The summed E-state index contributed by atoms with van der Waals surface area (Å²) < 4.78 is 0. The Balaban J connectivity index is 2.22. The van der Waals surface area contributed by atoms with Gasteiger partial charge in [-0.3, -0.25) is 14.6 Å². The fourth-order valence-corrected chi connectivity index (χ4v) is 2.34. The van der Waals surface area contributed by atoms with Crippen molar-refractivity contribution in [3.05, 3.63) is 46.4 Å². The van der Waals surface area contributed by atoms with E-state index in [1.807, 2.05) is 18.2 Å². The molecule has 2 amide bonds. The van der Waals surface area contributed by atoms with E-state index in [2.05, 4.69) is 4.98 Å². The molecule has 20 heavy (non-hydrogen) atoms. The maximum absolute atomic E-state index is 12.3. The zero-order valence-electron chi connectivity index (χ0n) is 10.7. The first-order valence-electron chi connectivity index (χ1n) is 5.87. The van der Waals surface area contributed by atoms with E-state index in [1.54, 1.807) is 11.6 Å². The van der Waals surface area contributed by atoms with Crippen LogP contribution in [0.15, 0.2) is 36.0 Å². The van der Waals surface area contributed by atoms with Gasteiger partial charge in [-0.15, -0.1) is 11.3 Å². The molecule has 0 spiro atoms. The molecule has 2 aromatic rings. The number of thiazole rings is 1. The largest absolute Gasteiger partial charge is 0.398 e. The van der Waals surface area contributed by atoms with Crippen molar-refractivity contribution in [1.82, 2.24) is 9.88 Å². The standard InChI is InChI=1S/C13H14N4O2S/c14-10-4-2-1-3-9(10)6-17(7-12(15)18)13(19)11-5-16-8-20-11/h1-5,8H,6-7,14H2,(H2,15,18). The molecule has 0 fully saturated rings. The molecular weight excluding hydrogens is 276 g/mol. The van der Waals surface area contributed by atoms with Crippen LogP contribution < -0.4 is 11.5 Å². The van der Waals surface area contributed by atoms with Crippen molar-refractivity contribution in [1.29, 1.82) is 0 Å². The Morgan fingerprint density at radius 1 is 1.30 bits per heavy atom. The number of nitrogens with zero attached hydrogens (tertiary/aromatic N) is 2. The minimum Gasteiger partial charge on any atom is -0.398 e. The molecule has 0 saturated carbocycles. The molecular formula is C13H14N4O2S. The summed E-state index contributed by atoms with van der Waals surface area (Å²) in [6, 6.07) is 7.19. The van der Waals surface area contributed by atoms with Gasteiger partial charge < -0.3 is 16.4 Å². The Morgan fingerprint density at radius 3 is 2.65 bits per heavy atom. The molecule has 2 rings (SSSR count). The zero-order chi connectivity index (χ0) is 14.5. The fraction of sp³-hybridized carbons (Fsp3) is 0.154. The Morgan fingerprint density at radius 2 is 2.05 bits per heavy atom. The highest BCUT2D eigenvalue weighted by Gasteiger charge is 2.20. The molecule has 0 aliphatic heterocycles. The van der Waals surface area contributed by atoms with Crippen LogP contribution >= 0.6 is 11.3 Å². The number of carbonyl (C=O) groups is 2. The van der Waals surface area contributed by atoms with Crippen LogP contribution in [0.5, 0.6) is 0 Å². The van der Waals surface area contributed by atoms with Crippen LogP contribution in [0.1, 0.15) is 15.2 Å². The monoisotopic (exact) mass is 290 g/mol. The predicted molar refractivity (Wildman–Crippen MR) is 76.9 cm³/mol. The number of benzene rings is 1. The van der Waals surface area contributed by atoms with Crippen molar-refractivity contribution in [2.24, 2.45) is 5.73 Å². The van der Waals surface area contributed by atoms with Gasteiger partial charge >= 0.3 is 0 Å². The second-order valence-electron chi connectivity index (χ2n) is 4.19. The first kappa shape index (κ1) is 14.0. The number of primary amides is 1. The number of anilines is 1. The highest BCUT2D eigenvalue weighted by Crippen LogP contribution is 2.16. The van der Waals surface area contributed by atoms with E-state index >= 15 is 0 Å². The smallest absolute Gasteiger partial charge is 0.266 e. The van der Waals surface area contributed by atoms with Gasteiger partial charge in [0.05, 0.1) is 11.7 Å². The number of hydrogen-bond donors (Lipinski definition) is 2. The molecule has 0 aliphatic rings. The summed E-state index contributed by atoms with van der Waals surface area (Å²) in [5.41, 5.74) is 14.0. The van der Waals surface area contributed by atoms with Gasteiger partial charge in [0.2, 0.25) is 5.91 Å². The summed E-state index contributed by atoms with van der Waals surface area (Å²) in [5.74, 6) is -0.855. The topological polar surface area (TPSA) is 102 Å². The molecule has 4 N–H and O–H groups in total. The van der Waals surface area contributed by atoms with Crippen LogP contribution in [0.3, 0.4) is 0 Å². The number of para-hydroxylation sites is 1. The number of hydrogen-bond acceptors (Lipinski definition) is 5. The van der Waals surface area contributed by atoms with Crippen LogP contribution in [0, 0.1) is 0 Å². The van der Waals surface area contributed by atoms with Crippen molar-refractivity contribution in [3.8, 4) is 0 Å². The summed E-state index contributed by atoms with van der Waals surface area (Å²) in [5, 5.41) is 0. The van der Waals surface area contributed by atoms with Crippen LogP contribution in [0.25, 0.3) is 0 Å². The van der Waals surface area contributed by atoms with E-state index in [-0.39, 0.29) is 19.0 Å². The first-order valence-corrected chi connectivity index (χ1v) is 6.75. The SMILES string of the molecule is NC(=O)CN(Cc1ccccc1N)C(=O)c1cncs1. The van der Waals surface area contributed by atoms with Gasteiger partial charge in [-0.2, -0.15) is 0 Å². The van der Waals surface area contributed by atoms with Crippen molar-refractivity contribution >= 4 is 28.8 Å². The second kappa shape index (κ2) is 6.16. The lowest BCUT2D eigenvalue weighted by Crippen LogP contribution is -2.37. The van der Waals surface area contributed by atoms with E-state index < -0.39 is 5.91 Å². The van der Waals surface area contributed by atoms with Crippen LogP contribution in [-0.2, 0) is 11.3 Å². The number of nitrogen functional groups attached to an aromatic ring is 1. The quantitative estimate of drug-likeness (QED) is 0.797. The number of nitrogens with two attached hydrogens (primary N) is 2. The molecule has 1 aromatic carbocycles. The Hall–Kier alpha value is -2.41. The molecule has 1 heterocycles. The molecule has 0 bridgehead atoms. The summed E-state index contributed by atoms with van der Waals surface area (Å²) in [6.45, 7) is 0.0669. The summed E-state index contributed by atoms with van der Waals surface area (Å²) in [4.78, 5) is 29.1. The van der Waals surface area contributed by atoms with Gasteiger partial charge in [0.15, 0.2) is 0 Å². The average molecular weight is 290 g/mol. The van der Waals surface area contributed by atoms with Gasteiger partial charge in [0.25, 0.3) is 5.91 Å². The maximum Gasteiger partial charge on any atom is 0.266 e. The summed E-state index contributed by atoms with van der Waals surface area (Å²) >= 11 is 1.22. The fourth-order valence-electron chi connectivity index (χ4n) is 1.75. The first-order chi connectivity index (χ1) is 9.58. The van der Waals surface area contributed by atoms with E-state index in [0.717, 1.165) is 5.56 Å². The lowest BCUT2D eigenvalue weighted by atomic mass is 10.1. The van der Waals surface area contributed by atoms with Gasteiger partial charge in [-0.05, 0) is 11.6 Å². The third kappa shape index (κ3) is 3.33. The predicted octanol–water partition coefficient (Wildman–Crippen LogP) is 0.853. The van der Waals surface area contributed by atoms with Crippen molar-refractivity contribution in [3.63, 3.8) is 0 Å². The van der Waals surface area contributed by atoms with Gasteiger partial charge in [-0.25, -0.2) is 0 Å². The molecule has 104 valence electrons. The molecule has 6 nitrogen and oxygen atoms in total. The third-order valence-corrected chi connectivity index (χ3v) is 3.45. The van der Waals surface area contributed by atoms with Crippen molar-refractivity contribution in [2.45, 2.75) is 6.54 Å². The van der Waals surface area contributed by atoms with Gasteiger partial charge in [0.1, 0.15) is 11.4 Å².